The number of nitrogens with one attached hydrogen (secondary N) is 1. The Kier molecular flexibility index (Phi) is 7.81. The Balaban J connectivity index is 1.11. The number of aromatic nitrogens is 3. The molecule has 254 valence electrons. The lowest BCUT2D eigenvalue weighted by atomic mass is 9.86. The van der Waals surface area contributed by atoms with Crippen LogP contribution in [0.2, 0.25) is 0 Å². The van der Waals surface area contributed by atoms with Crippen LogP contribution >= 0.6 is 0 Å². The van der Waals surface area contributed by atoms with E-state index < -0.39 is 32.4 Å². The van der Waals surface area contributed by atoms with E-state index in [-0.39, 0.29) is 21.1 Å². The van der Waals surface area contributed by atoms with Crippen molar-refractivity contribution in [3.63, 3.8) is 0 Å². The molecule has 0 bridgehead atoms. The number of nitrogens with zero attached hydrogens (tertiary/aromatic N) is 3. The van der Waals surface area contributed by atoms with Gasteiger partial charge in [-0.3, -0.25) is 9.42 Å². The number of amides is 1. The first-order valence-corrected chi connectivity index (χ1v) is 17.7. The largest absolute Gasteiger partial charge is 0.482 e. The van der Waals surface area contributed by atoms with Crippen molar-refractivity contribution >= 4 is 49.7 Å². The lowest BCUT2D eigenvalue weighted by Crippen LogP contribution is -2.41. The topological polar surface area (TPSA) is 142 Å². The fourth-order valence-corrected chi connectivity index (χ4v) is 7.64. The molecule has 11 nitrogen and oxygen atoms in total. The molecule has 7 rings (SSSR count). The van der Waals surface area contributed by atoms with Crippen LogP contribution < -0.4 is 14.4 Å². The molecule has 0 aliphatic carbocycles. The van der Waals surface area contributed by atoms with Crippen molar-refractivity contribution in [2.45, 2.75) is 74.5 Å². The first-order chi connectivity index (χ1) is 23.2. The molecule has 1 fully saturated rings. The van der Waals surface area contributed by atoms with E-state index >= 15 is 0 Å². The molecule has 1 saturated heterocycles. The Morgan fingerprint density at radius 3 is 2.55 bits per heavy atom. The summed E-state index contributed by atoms with van der Waals surface area (Å²) in [5, 5.41) is 17.3. The first-order valence-electron chi connectivity index (χ1n) is 16.3. The summed E-state index contributed by atoms with van der Waals surface area (Å²) in [5.41, 5.74) is 4.47. The van der Waals surface area contributed by atoms with Gasteiger partial charge in [-0.15, -0.1) is 0 Å². The molecule has 3 aromatic carbocycles. The van der Waals surface area contributed by atoms with E-state index in [9.17, 15) is 18.4 Å². The van der Waals surface area contributed by atoms with Crippen molar-refractivity contribution in [2.24, 2.45) is 0 Å². The molecule has 4 heterocycles. The second-order valence-electron chi connectivity index (χ2n) is 14.1. The van der Waals surface area contributed by atoms with Gasteiger partial charge in [0.2, 0.25) is 5.91 Å². The number of H-pyrrole nitrogens is 1. The van der Waals surface area contributed by atoms with E-state index in [0.717, 1.165) is 32.9 Å². The van der Waals surface area contributed by atoms with Crippen LogP contribution in [0.5, 0.6) is 11.6 Å². The van der Waals surface area contributed by atoms with Gasteiger partial charge in [0.1, 0.15) is 17.5 Å². The van der Waals surface area contributed by atoms with E-state index in [1.165, 1.54) is 17.7 Å². The maximum Gasteiger partial charge on any atom is 0.415 e. The van der Waals surface area contributed by atoms with Gasteiger partial charge in [0.25, 0.3) is 9.84 Å². The van der Waals surface area contributed by atoms with Crippen LogP contribution in [0.15, 0.2) is 81.3 Å². The molecule has 2 aliphatic rings. The first kappa shape index (κ1) is 32.4. The van der Waals surface area contributed by atoms with E-state index in [4.69, 9.17) is 9.47 Å². The highest BCUT2D eigenvalue weighted by Crippen LogP contribution is 2.42. The maximum absolute atomic E-state index is 13.4. The van der Waals surface area contributed by atoms with Crippen molar-refractivity contribution in [1.29, 1.82) is 0 Å². The molecule has 0 atom stereocenters. The van der Waals surface area contributed by atoms with Gasteiger partial charge in [0.05, 0.1) is 15.6 Å². The van der Waals surface area contributed by atoms with Crippen molar-refractivity contribution in [2.75, 3.05) is 13.1 Å². The molecule has 49 heavy (non-hydrogen) atoms. The monoisotopic (exact) mass is 682 g/mol. The Morgan fingerprint density at radius 1 is 1.10 bits per heavy atom. The van der Waals surface area contributed by atoms with Gasteiger partial charge in [0, 0.05) is 59.4 Å². The number of carbonyl (C=O) groups is 1. The second-order valence-corrected chi connectivity index (χ2v) is 16.0. The molecule has 12 heteroatoms. The zero-order valence-corrected chi connectivity index (χ0v) is 28.8. The number of ether oxygens (including phenoxy) is 2. The highest BCUT2D eigenvalue weighted by atomic mass is 32.2. The molecule has 1 N–H and O–H groups in total. The number of benzene rings is 3. The van der Waals surface area contributed by atoms with Crippen LogP contribution in [-0.2, 0) is 20.0 Å². The highest BCUT2D eigenvalue weighted by molar-refractivity contribution is 7.91. The lowest BCUT2D eigenvalue weighted by molar-refractivity contribution is -0.832. The third kappa shape index (κ3) is 6.05. The van der Waals surface area contributed by atoms with Crippen molar-refractivity contribution < 1.29 is 32.2 Å². The summed E-state index contributed by atoms with van der Waals surface area (Å²) in [7, 11) is -4.23. The van der Waals surface area contributed by atoms with Crippen LogP contribution in [0.25, 0.3) is 34.0 Å². The van der Waals surface area contributed by atoms with Crippen molar-refractivity contribution in [3.8, 4) is 11.6 Å². The minimum Gasteiger partial charge on any atom is -0.482 e. The summed E-state index contributed by atoms with van der Waals surface area (Å²) >= 11 is 0. The third-order valence-electron chi connectivity index (χ3n) is 9.09. The lowest BCUT2D eigenvalue weighted by Gasteiger charge is -2.30. The van der Waals surface area contributed by atoms with Crippen LogP contribution in [-0.4, -0.2) is 54.2 Å². The predicted octanol–water partition coefficient (Wildman–Crippen LogP) is 6.34. The molecule has 2 aromatic heterocycles. The molecule has 0 unspecified atom stereocenters. The van der Waals surface area contributed by atoms with E-state index in [2.05, 4.69) is 65.9 Å². The highest BCUT2D eigenvalue weighted by Gasteiger charge is 2.38. The van der Waals surface area contributed by atoms with Crippen molar-refractivity contribution in [1.82, 2.24) is 15.0 Å². The maximum atomic E-state index is 13.4. The smallest absolute Gasteiger partial charge is 0.415 e. The van der Waals surface area contributed by atoms with Gasteiger partial charge < -0.3 is 24.6 Å². The van der Waals surface area contributed by atoms with Gasteiger partial charge >= 0.3 is 10.9 Å². The third-order valence-corrected chi connectivity index (χ3v) is 10.8. The van der Waals surface area contributed by atoms with Crippen LogP contribution in [0.1, 0.15) is 64.2 Å². The molecular formula is C37H38N4O7S. The van der Waals surface area contributed by atoms with Gasteiger partial charge in [-0.2, -0.15) is 0 Å². The zero-order valence-electron chi connectivity index (χ0n) is 28.0. The Labute approximate surface area is 284 Å². The minimum atomic E-state index is -4.23. The molecule has 5 aromatic rings. The minimum absolute atomic E-state index is 0.0121. The molecule has 0 radical (unpaired) electrons. The van der Waals surface area contributed by atoms with Crippen LogP contribution in [0.3, 0.4) is 0 Å². The van der Waals surface area contributed by atoms with E-state index in [1.54, 1.807) is 29.2 Å². The summed E-state index contributed by atoms with van der Waals surface area (Å²) in [5.74, 6) is 0.147. The molecule has 1 amide bonds. The average Bonchev–Trinajstić information content (AvgIpc) is 3.62. The van der Waals surface area contributed by atoms with Gasteiger partial charge in [-0.1, -0.05) is 45.0 Å². The average molecular weight is 683 g/mol. The SMILES string of the molecule is CC1(C)C=Cc2c(c(/C=C/C(=O)N3CCC(Oc4no[n+]([O-])c4S(=O)(=O)c4ccccc4)CC3)cc3c2[nH]c2ccc(C(C)(C)C)cc23)O1. The summed E-state index contributed by atoms with van der Waals surface area (Å²) < 4.78 is 43.2. The standard InChI is InChI=1S/C37H38N4O7S/c1-36(2,3)24-12-13-30-28(22-24)29-21-23(33-27(32(29)38-30)15-18-37(4,5)47-33)11-14-31(42)40-19-16-25(17-20-40)46-34-35(41(43)48-39-34)49(44,45)26-9-7-6-8-10-26/h6-15,18,21-22,25,38H,16-17,19-20H2,1-5H3/b14-11+. The van der Waals surface area contributed by atoms with E-state index in [1.807, 2.05) is 26.0 Å². The number of hydrogen-bond acceptors (Lipinski definition) is 8. The number of rotatable bonds is 6. The van der Waals surface area contributed by atoms with Gasteiger partial charge in [0.15, 0.2) is 0 Å². The summed E-state index contributed by atoms with van der Waals surface area (Å²) in [4.78, 5) is 18.5. The van der Waals surface area contributed by atoms with Gasteiger partial charge in [-0.25, -0.2) is 8.42 Å². The quantitative estimate of drug-likeness (QED) is 0.162. The Bertz CT molecular complexity index is 2250. The number of fused-ring (bicyclic) bond motifs is 5. The van der Waals surface area contributed by atoms with Crippen molar-refractivity contribution in [3.05, 3.63) is 88.6 Å². The predicted molar refractivity (Wildman–Crippen MR) is 185 cm³/mol. The number of piperidine rings is 1. The number of sulfone groups is 1. The number of hydrogen-bond donors (Lipinski definition) is 1. The summed E-state index contributed by atoms with van der Waals surface area (Å²) in [6.45, 7) is 11.3. The number of aromatic amines is 1. The zero-order chi connectivity index (χ0) is 34.7. The fourth-order valence-electron chi connectivity index (χ4n) is 6.35. The van der Waals surface area contributed by atoms with Crippen LogP contribution in [0.4, 0.5) is 0 Å². The molecular weight excluding hydrogens is 644 g/mol. The molecule has 0 spiro atoms. The Morgan fingerprint density at radius 2 is 1.84 bits per heavy atom. The summed E-state index contributed by atoms with van der Waals surface area (Å²) in [6.07, 6.45) is 7.85. The van der Waals surface area contributed by atoms with Gasteiger partial charge in [-0.05, 0) is 78.3 Å². The normalized spacial score (nSPS) is 16.7. The summed E-state index contributed by atoms with van der Waals surface area (Å²) in [6, 6.07) is 16.1. The van der Waals surface area contributed by atoms with E-state index in [0.29, 0.717) is 31.7 Å². The number of carbonyl (C=O) groups excluding carboxylic acids is 1. The van der Waals surface area contributed by atoms with Crippen LogP contribution in [0, 0.1) is 5.21 Å². The number of likely N-dealkylation sites (tertiary alicyclic amines) is 1. The molecule has 2 aliphatic heterocycles. The Hall–Kier alpha value is -5.10. The second kappa shape index (κ2) is 11.8. The fraction of sp³-hybridized carbons (Fsp3) is 0.324. The molecule has 0 saturated carbocycles.